The highest BCUT2D eigenvalue weighted by Crippen LogP contribution is 2.21. The second-order valence-corrected chi connectivity index (χ2v) is 2.66. The molecule has 1 heterocycles. The Balaban J connectivity index is 2.55. The van der Waals surface area contributed by atoms with Crippen LogP contribution >= 0.6 is 0 Å². The fourth-order valence-corrected chi connectivity index (χ4v) is 1.38. The molecule has 1 aliphatic carbocycles. The van der Waals surface area contributed by atoms with Crippen molar-refractivity contribution in [2.75, 3.05) is 0 Å². The van der Waals surface area contributed by atoms with Gasteiger partial charge in [0, 0.05) is 5.69 Å². The highest BCUT2D eigenvalue weighted by Gasteiger charge is 2.10. The molecular weight excluding hydrogens is 124 g/mol. The summed E-state index contributed by atoms with van der Waals surface area (Å²) in [5, 5.41) is 0. The van der Waals surface area contributed by atoms with Gasteiger partial charge in [0.05, 0.1) is 12.0 Å². The van der Waals surface area contributed by atoms with Gasteiger partial charge in [-0.05, 0) is 25.3 Å². The molecule has 0 amide bonds. The van der Waals surface area contributed by atoms with Crippen LogP contribution in [0.5, 0.6) is 0 Å². The van der Waals surface area contributed by atoms with Gasteiger partial charge in [-0.1, -0.05) is 6.08 Å². The first-order valence-corrected chi connectivity index (χ1v) is 3.57. The van der Waals surface area contributed by atoms with Crippen molar-refractivity contribution in [3.05, 3.63) is 23.8 Å². The number of allylic oxidation sites excluding steroid dienone is 2. The molecule has 0 atom stereocenters. The molecule has 0 radical (unpaired) electrons. The molecule has 1 aromatic heterocycles. The number of aryl methyl sites for hydroxylation is 1. The van der Waals surface area contributed by atoms with Gasteiger partial charge in [0.25, 0.3) is 0 Å². The molecule has 0 unspecified atom stereocenters. The Hall–Kier alpha value is -1.05. The summed E-state index contributed by atoms with van der Waals surface area (Å²) in [5.41, 5.74) is 3.76. The Labute approximate surface area is 60.0 Å². The number of hydrogen-bond acceptors (Lipinski definition) is 1. The summed E-state index contributed by atoms with van der Waals surface area (Å²) in [7, 11) is 0. The van der Waals surface area contributed by atoms with E-state index in [2.05, 4.69) is 23.0 Å². The average molecular weight is 134 g/mol. The minimum atomic E-state index is 1.12. The first kappa shape index (κ1) is 5.71. The third kappa shape index (κ3) is 0.685. The summed E-state index contributed by atoms with van der Waals surface area (Å²) in [6.07, 6.45) is 6.28. The predicted octanol–water partition coefficient (Wildman–Crippen LogP) is 1.76. The van der Waals surface area contributed by atoms with Gasteiger partial charge < -0.3 is 4.98 Å². The number of imidazole rings is 1. The molecule has 0 saturated carbocycles. The van der Waals surface area contributed by atoms with Gasteiger partial charge in [0.2, 0.25) is 0 Å². The fourth-order valence-electron chi connectivity index (χ4n) is 1.38. The van der Waals surface area contributed by atoms with Crippen molar-refractivity contribution in [2.24, 2.45) is 0 Å². The Morgan fingerprint density at radius 1 is 1.60 bits per heavy atom. The van der Waals surface area contributed by atoms with Gasteiger partial charge >= 0.3 is 0 Å². The van der Waals surface area contributed by atoms with E-state index in [4.69, 9.17) is 0 Å². The summed E-state index contributed by atoms with van der Waals surface area (Å²) < 4.78 is 0. The number of nitrogens with zero attached hydrogens (tertiary/aromatic N) is 1. The van der Waals surface area contributed by atoms with E-state index in [1.807, 2.05) is 0 Å². The predicted molar refractivity (Wildman–Crippen MR) is 40.6 cm³/mol. The summed E-state index contributed by atoms with van der Waals surface area (Å²) in [4.78, 5) is 7.35. The molecule has 0 saturated heterocycles. The van der Waals surface area contributed by atoms with E-state index in [0.29, 0.717) is 0 Å². The summed E-state index contributed by atoms with van der Waals surface area (Å²) in [6, 6.07) is 0. The van der Waals surface area contributed by atoms with Gasteiger partial charge in [-0.2, -0.15) is 0 Å². The highest BCUT2D eigenvalue weighted by atomic mass is 14.9. The summed E-state index contributed by atoms with van der Waals surface area (Å²) in [5.74, 6) is 0. The quantitative estimate of drug-likeness (QED) is 0.575. The molecule has 1 aromatic rings. The lowest BCUT2D eigenvalue weighted by Crippen LogP contribution is -1.95. The zero-order valence-electron chi connectivity index (χ0n) is 6.02. The standard InChI is InChI=1S/C8H10N2/c1-6-3-2-4-7-8(6)10-5-9-7/h3,5H,2,4H2,1H3,(H,9,10). The molecule has 2 rings (SSSR count). The van der Waals surface area contributed by atoms with Crippen LogP contribution < -0.4 is 0 Å². The molecule has 1 N–H and O–H groups in total. The van der Waals surface area contributed by atoms with Crippen LogP contribution in [0.3, 0.4) is 0 Å². The van der Waals surface area contributed by atoms with E-state index in [1.54, 1.807) is 6.33 Å². The zero-order valence-corrected chi connectivity index (χ0v) is 6.02. The number of H-pyrrole nitrogens is 1. The highest BCUT2D eigenvalue weighted by molar-refractivity contribution is 5.63. The van der Waals surface area contributed by atoms with Crippen molar-refractivity contribution in [3.63, 3.8) is 0 Å². The maximum absolute atomic E-state index is 4.21. The van der Waals surface area contributed by atoms with E-state index >= 15 is 0 Å². The van der Waals surface area contributed by atoms with E-state index in [0.717, 1.165) is 18.5 Å². The molecule has 2 heteroatoms. The van der Waals surface area contributed by atoms with Crippen LogP contribution in [0.25, 0.3) is 5.57 Å². The second kappa shape index (κ2) is 1.97. The monoisotopic (exact) mass is 134 g/mol. The van der Waals surface area contributed by atoms with Crippen molar-refractivity contribution in [1.82, 2.24) is 9.97 Å². The molecule has 1 aliphatic rings. The van der Waals surface area contributed by atoms with E-state index in [1.165, 1.54) is 11.3 Å². The molecule has 0 aromatic carbocycles. The van der Waals surface area contributed by atoms with Crippen LogP contribution in [0.4, 0.5) is 0 Å². The van der Waals surface area contributed by atoms with Crippen LogP contribution in [0.1, 0.15) is 24.7 Å². The van der Waals surface area contributed by atoms with E-state index < -0.39 is 0 Å². The molecule has 0 bridgehead atoms. The third-order valence-corrected chi connectivity index (χ3v) is 1.94. The Bertz CT molecular complexity index is 271. The van der Waals surface area contributed by atoms with Crippen LogP contribution in [-0.4, -0.2) is 9.97 Å². The van der Waals surface area contributed by atoms with Gasteiger partial charge in [-0.3, -0.25) is 0 Å². The summed E-state index contributed by atoms with van der Waals surface area (Å²) in [6.45, 7) is 2.11. The van der Waals surface area contributed by atoms with Gasteiger partial charge in [0.15, 0.2) is 0 Å². The first-order valence-electron chi connectivity index (χ1n) is 3.57. The van der Waals surface area contributed by atoms with Crippen molar-refractivity contribution in [2.45, 2.75) is 19.8 Å². The molecule has 0 spiro atoms. The van der Waals surface area contributed by atoms with Crippen LogP contribution in [0.15, 0.2) is 12.4 Å². The van der Waals surface area contributed by atoms with Crippen molar-refractivity contribution >= 4 is 5.57 Å². The van der Waals surface area contributed by atoms with Crippen molar-refractivity contribution in [3.8, 4) is 0 Å². The molecule has 52 valence electrons. The minimum Gasteiger partial charge on any atom is -0.348 e. The number of nitrogens with one attached hydrogen (secondary N) is 1. The molecule has 10 heavy (non-hydrogen) atoms. The van der Waals surface area contributed by atoms with Crippen LogP contribution in [0.2, 0.25) is 0 Å². The van der Waals surface area contributed by atoms with Gasteiger partial charge in [0.1, 0.15) is 0 Å². The minimum absolute atomic E-state index is 1.12. The Morgan fingerprint density at radius 2 is 2.50 bits per heavy atom. The fraction of sp³-hybridized carbons (Fsp3) is 0.375. The number of hydrogen-bond donors (Lipinski definition) is 1. The number of rotatable bonds is 0. The largest absolute Gasteiger partial charge is 0.348 e. The first-order chi connectivity index (χ1) is 4.88. The van der Waals surface area contributed by atoms with E-state index in [-0.39, 0.29) is 0 Å². The lowest BCUT2D eigenvalue weighted by Gasteiger charge is -2.06. The van der Waals surface area contributed by atoms with Crippen LogP contribution in [-0.2, 0) is 6.42 Å². The molecular formula is C8H10N2. The van der Waals surface area contributed by atoms with Crippen molar-refractivity contribution in [1.29, 1.82) is 0 Å². The molecule has 0 aliphatic heterocycles. The SMILES string of the molecule is CC1=CCCc2[nH]cnc21. The Kier molecular flexibility index (Phi) is 1.13. The Morgan fingerprint density at radius 3 is 3.30 bits per heavy atom. The molecule has 0 fully saturated rings. The van der Waals surface area contributed by atoms with Crippen LogP contribution in [0, 0.1) is 0 Å². The average Bonchev–Trinajstić information content (AvgIpc) is 2.36. The maximum atomic E-state index is 4.21. The molecule has 2 nitrogen and oxygen atoms in total. The normalized spacial score (nSPS) is 16.3. The number of fused-ring (bicyclic) bond motifs is 1. The van der Waals surface area contributed by atoms with Gasteiger partial charge in [-0.25, -0.2) is 4.98 Å². The maximum Gasteiger partial charge on any atom is 0.0929 e. The summed E-state index contributed by atoms with van der Waals surface area (Å²) >= 11 is 0. The van der Waals surface area contributed by atoms with Gasteiger partial charge in [-0.15, -0.1) is 0 Å². The van der Waals surface area contributed by atoms with E-state index in [9.17, 15) is 0 Å². The van der Waals surface area contributed by atoms with Crippen molar-refractivity contribution < 1.29 is 0 Å². The smallest absolute Gasteiger partial charge is 0.0929 e. The topological polar surface area (TPSA) is 28.7 Å². The third-order valence-electron chi connectivity index (χ3n) is 1.94. The zero-order chi connectivity index (χ0) is 6.97. The lowest BCUT2D eigenvalue weighted by molar-refractivity contribution is 0.934. The lowest BCUT2D eigenvalue weighted by atomic mass is 10.0. The number of aromatic nitrogens is 2. The number of aromatic amines is 1. The second-order valence-electron chi connectivity index (χ2n) is 2.66.